The van der Waals surface area contributed by atoms with Crippen LogP contribution >= 0.6 is 0 Å². The Balaban J connectivity index is 3.51. The Morgan fingerprint density at radius 1 is 1.11 bits per heavy atom. The van der Waals surface area contributed by atoms with Gasteiger partial charge in [-0.3, -0.25) is 4.90 Å². The van der Waals surface area contributed by atoms with Crippen LogP contribution in [-0.2, 0) is 4.74 Å². The fraction of sp³-hybridized carbons (Fsp3) is 1.00. The largest absolute Gasteiger partial charge is 0.383 e. The molecule has 0 aliphatic heterocycles. The van der Waals surface area contributed by atoms with E-state index in [2.05, 4.69) is 44.8 Å². The van der Waals surface area contributed by atoms with Crippen molar-refractivity contribution in [3.05, 3.63) is 0 Å². The molecule has 1 N–H and O–H groups in total. The zero-order valence-electron chi connectivity index (χ0n) is 14.1. The van der Waals surface area contributed by atoms with Crippen LogP contribution in [-0.4, -0.2) is 49.8 Å². The maximum atomic E-state index is 5.23. The quantitative estimate of drug-likeness (QED) is 0.584. The van der Waals surface area contributed by atoms with Crippen molar-refractivity contribution in [2.24, 2.45) is 0 Å². The number of hydrogen-bond acceptors (Lipinski definition) is 3. The predicted octanol–water partition coefficient (Wildman–Crippen LogP) is 3.29. The lowest BCUT2D eigenvalue weighted by molar-refractivity contribution is 0.101. The Morgan fingerprint density at radius 2 is 1.74 bits per heavy atom. The van der Waals surface area contributed by atoms with Crippen LogP contribution in [0.3, 0.4) is 0 Å². The van der Waals surface area contributed by atoms with E-state index >= 15 is 0 Å². The number of nitrogens with zero attached hydrogens (tertiary/aromatic N) is 1. The summed E-state index contributed by atoms with van der Waals surface area (Å²) < 4.78 is 5.23. The number of ether oxygens (including phenoxy) is 1. The Morgan fingerprint density at radius 3 is 2.26 bits per heavy atom. The zero-order chi connectivity index (χ0) is 14.7. The van der Waals surface area contributed by atoms with Crippen LogP contribution in [0.15, 0.2) is 0 Å². The first kappa shape index (κ1) is 18.9. The Labute approximate surface area is 121 Å². The second kappa shape index (κ2) is 10.6. The molecule has 0 heterocycles. The van der Waals surface area contributed by atoms with Crippen molar-refractivity contribution in [2.75, 3.05) is 33.4 Å². The highest BCUT2D eigenvalue weighted by atomic mass is 16.5. The lowest BCUT2D eigenvalue weighted by atomic mass is 10.1. The highest BCUT2D eigenvalue weighted by molar-refractivity contribution is 4.70. The van der Waals surface area contributed by atoms with Crippen molar-refractivity contribution >= 4 is 0 Å². The van der Waals surface area contributed by atoms with E-state index in [1.807, 2.05) is 0 Å². The average Bonchev–Trinajstić information content (AvgIpc) is 2.31. The van der Waals surface area contributed by atoms with E-state index in [-0.39, 0.29) is 5.54 Å². The highest BCUT2D eigenvalue weighted by Gasteiger charge is 2.11. The van der Waals surface area contributed by atoms with Crippen LogP contribution in [0.2, 0.25) is 0 Å². The molecule has 1 atom stereocenters. The zero-order valence-corrected chi connectivity index (χ0v) is 14.1. The van der Waals surface area contributed by atoms with Gasteiger partial charge in [0.25, 0.3) is 0 Å². The number of rotatable bonds is 11. The van der Waals surface area contributed by atoms with E-state index in [1.165, 1.54) is 32.2 Å². The molecule has 0 radical (unpaired) electrons. The van der Waals surface area contributed by atoms with Gasteiger partial charge in [0, 0.05) is 18.7 Å². The van der Waals surface area contributed by atoms with Crippen LogP contribution in [0.5, 0.6) is 0 Å². The van der Waals surface area contributed by atoms with Crippen molar-refractivity contribution in [1.82, 2.24) is 10.2 Å². The van der Waals surface area contributed by atoms with E-state index in [1.54, 1.807) is 7.11 Å². The number of hydrogen-bond donors (Lipinski definition) is 1. The number of nitrogens with one attached hydrogen (secondary N) is 1. The Kier molecular flexibility index (Phi) is 10.6. The summed E-state index contributed by atoms with van der Waals surface area (Å²) in [7, 11) is 1.78. The molecule has 19 heavy (non-hydrogen) atoms. The summed E-state index contributed by atoms with van der Waals surface area (Å²) >= 11 is 0. The van der Waals surface area contributed by atoms with Crippen molar-refractivity contribution < 1.29 is 4.74 Å². The maximum absolute atomic E-state index is 5.23. The van der Waals surface area contributed by atoms with Gasteiger partial charge < -0.3 is 10.1 Å². The summed E-state index contributed by atoms with van der Waals surface area (Å²) in [4.78, 5) is 2.51. The Bertz CT molecular complexity index is 201. The van der Waals surface area contributed by atoms with Crippen LogP contribution < -0.4 is 5.32 Å². The van der Waals surface area contributed by atoms with E-state index in [0.717, 1.165) is 19.7 Å². The van der Waals surface area contributed by atoms with E-state index in [0.29, 0.717) is 6.04 Å². The van der Waals surface area contributed by atoms with Gasteiger partial charge in [0.1, 0.15) is 0 Å². The van der Waals surface area contributed by atoms with E-state index in [4.69, 9.17) is 4.74 Å². The fourth-order valence-corrected chi connectivity index (χ4v) is 2.29. The summed E-state index contributed by atoms with van der Waals surface area (Å²) in [6, 6.07) is 0.539. The van der Waals surface area contributed by atoms with Crippen molar-refractivity contribution in [3.63, 3.8) is 0 Å². The van der Waals surface area contributed by atoms with Gasteiger partial charge in [0.2, 0.25) is 0 Å². The SMILES string of the molecule is CCN(CCCCCCNC(C)(C)C)C(C)COC. The topological polar surface area (TPSA) is 24.5 Å². The van der Waals surface area contributed by atoms with E-state index < -0.39 is 0 Å². The van der Waals surface area contributed by atoms with Gasteiger partial charge in [-0.25, -0.2) is 0 Å². The molecule has 3 nitrogen and oxygen atoms in total. The van der Waals surface area contributed by atoms with E-state index in [9.17, 15) is 0 Å². The second-order valence-corrected chi connectivity index (χ2v) is 6.52. The molecule has 0 spiro atoms. The van der Waals surface area contributed by atoms with Crippen LogP contribution in [0, 0.1) is 0 Å². The molecular formula is C16H36N2O. The molecule has 0 aliphatic rings. The smallest absolute Gasteiger partial charge is 0.0615 e. The standard InChI is InChI=1S/C16H36N2O/c1-7-18(15(2)14-19-6)13-11-9-8-10-12-17-16(3,4)5/h15,17H,7-14H2,1-6H3. The van der Waals surface area contributed by atoms with Crippen molar-refractivity contribution in [3.8, 4) is 0 Å². The molecule has 0 fully saturated rings. The van der Waals surface area contributed by atoms with Gasteiger partial charge in [-0.05, 0) is 60.2 Å². The van der Waals surface area contributed by atoms with Crippen LogP contribution in [0.1, 0.15) is 60.3 Å². The molecule has 0 amide bonds. The molecule has 0 aliphatic carbocycles. The minimum Gasteiger partial charge on any atom is -0.383 e. The first-order valence-electron chi connectivity index (χ1n) is 7.88. The van der Waals surface area contributed by atoms with Gasteiger partial charge in [-0.1, -0.05) is 19.8 Å². The third-order valence-electron chi connectivity index (χ3n) is 3.46. The molecule has 0 aromatic rings. The molecule has 0 saturated heterocycles. The monoisotopic (exact) mass is 272 g/mol. The van der Waals surface area contributed by atoms with Crippen molar-refractivity contribution in [2.45, 2.75) is 71.9 Å². The molecule has 3 heteroatoms. The first-order valence-corrected chi connectivity index (χ1v) is 7.88. The average molecular weight is 272 g/mol. The number of methoxy groups -OCH3 is 1. The summed E-state index contributed by atoms with van der Waals surface area (Å²) in [6.45, 7) is 15.5. The predicted molar refractivity (Wildman–Crippen MR) is 84.8 cm³/mol. The molecule has 0 rings (SSSR count). The highest BCUT2D eigenvalue weighted by Crippen LogP contribution is 2.06. The third kappa shape index (κ3) is 11.4. The minimum atomic E-state index is 0.259. The van der Waals surface area contributed by atoms with Gasteiger partial charge in [-0.2, -0.15) is 0 Å². The minimum absolute atomic E-state index is 0.259. The number of unbranched alkanes of at least 4 members (excludes halogenated alkanes) is 3. The third-order valence-corrected chi connectivity index (χ3v) is 3.46. The van der Waals surface area contributed by atoms with Crippen molar-refractivity contribution in [1.29, 1.82) is 0 Å². The normalized spacial score (nSPS) is 14.1. The molecular weight excluding hydrogens is 236 g/mol. The molecule has 0 aromatic carbocycles. The fourth-order valence-electron chi connectivity index (χ4n) is 2.29. The Hall–Kier alpha value is -0.120. The van der Waals surface area contributed by atoms with Crippen LogP contribution in [0.4, 0.5) is 0 Å². The first-order chi connectivity index (χ1) is 8.90. The molecule has 116 valence electrons. The van der Waals surface area contributed by atoms with Gasteiger partial charge in [0.15, 0.2) is 0 Å². The lowest BCUT2D eigenvalue weighted by Gasteiger charge is -2.27. The second-order valence-electron chi connectivity index (χ2n) is 6.52. The molecule has 0 saturated carbocycles. The molecule has 1 unspecified atom stereocenters. The van der Waals surface area contributed by atoms with Gasteiger partial charge in [0.05, 0.1) is 6.61 Å². The lowest BCUT2D eigenvalue weighted by Crippen LogP contribution is -2.37. The number of likely N-dealkylation sites (N-methyl/N-ethyl adjacent to an activating group) is 1. The maximum Gasteiger partial charge on any atom is 0.0615 e. The summed E-state index contributed by atoms with van der Waals surface area (Å²) in [5.74, 6) is 0. The molecule has 0 bridgehead atoms. The summed E-state index contributed by atoms with van der Waals surface area (Å²) in [5.41, 5.74) is 0.259. The van der Waals surface area contributed by atoms with Gasteiger partial charge >= 0.3 is 0 Å². The van der Waals surface area contributed by atoms with Crippen LogP contribution in [0.25, 0.3) is 0 Å². The molecule has 0 aromatic heterocycles. The summed E-state index contributed by atoms with van der Waals surface area (Å²) in [5, 5.41) is 3.54. The summed E-state index contributed by atoms with van der Waals surface area (Å²) in [6.07, 6.45) is 5.26. The van der Waals surface area contributed by atoms with Gasteiger partial charge in [-0.15, -0.1) is 0 Å².